The van der Waals surface area contributed by atoms with Crippen molar-refractivity contribution < 1.29 is 18.5 Å². The molecule has 0 aliphatic rings. The van der Waals surface area contributed by atoms with Gasteiger partial charge in [-0.1, -0.05) is 0 Å². The third kappa shape index (κ3) is 1.83. The van der Waals surface area contributed by atoms with Crippen LogP contribution in [0.5, 0.6) is 0 Å². The van der Waals surface area contributed by atoms with Crippen LogP contribution in [-0.4, -0.2) is 16.2 Å². The number of carbonyl (C=O) groups is 1. The zero-order valence-corrected chi connectivity index (χ0v) is 7.55. The quantitative estimate of drug-likeness (QED) is 0.443. The molecule has 6 nitrogen and oxygen atoms in total. The molecule has 82 valence electrons. The van der Waals surface area contributed by atoms with Gasteiger partial charge in [-0.2, -0.15) is 5.26 Å². The van der Waals surface area contributed by atoms with E-state index in [1.165, 1.54) is 6.07 Å². The van der Waals surface area contributed by atoms with E-state index in [4.69, 9.17) is 5.26 Å². The predicted molar refractivity (Wildman–Crippen MR) is 46.0 cm³/mol. The topological polar surface area (TPSA) is 96.9 Å². The fourth-order valence-corrected chi connectivity index (χ4v) is 1.10. The van der Waals surface area contributed by atoms with E-state index < -0.39 is 33.9 Å². The summed E-state index contributed by atoms with van der Waals surface area (Å²) in [5.74, 6) is 0. The van der Waals surface area contributed by atoms with E-state index in [9.17, 15) is 23.7 Å². The van der Waals surface area contributed by atoms with E-state index >= 15 is 0 Å². The summed E-state index contributed by atoms with van der Waals surface area (Å²) >= 11 is 0. The second-order valence-corrected chi connectivity index (χ2v) is 2.61. The Morgan fingerprint density at radius 2 is 2.25 bits per heavy atom. The number of halogens is 2. The van der Waals surface area contributed by atoms with Crippen molar-refractivity contribution in [2.75, 3.05) is 0 Å². The molecule has 0 saturated carbocycles. The van der Waals surface area contributed by atoms with Gasteiger partial charge >= 0.3 is 5.69 Å². The monoisotopic (exact) mass is 227 g/mol. The van der Waals surface area contributed by atoms with Gasteiger partial charge in [0.15, 0.2) is 6.29 Å². The first-order chi connectivity index (χ1) is 7.52. The zero-order chi connectivity index (χ0) is 12.3. The predicted octanol–water partition coefficient (Wildman–Crippen LogP) is 1.61. The molecular formula is C8H3F2N3O3. The molecule has 0 atom stereocenters. The minimum atomic E-state index is -3.12. The van der Waals surface area contributed by atoms with Gasteiger partial charge in [0.2, 0.25) is 0 Å². The first-order valence-electron chi connectivity index (χ1n) is 3.83. The first-order valence-corrected chi connectivity index (χ1v) is 3.83. The fourth-order valence-electron chi connectivity index (χ4n) is 1.10. The molecule has 16 heavy (non-hydrogen) atoms. The Balaban J connectivity index is 3.64. The Morgan fingerprint density at radius 1 is 1.62 bits per heavy atom. The molecule has 8 heteroatoms. The summed E-state index contributed by atoms with van der Waals surface area (Å²) in [6.07, 6.45) is -2.58. The highest BCUT2D eigenvalue weighted by molar-refractivity contribution is 5.84. The first kappa shape index (κ1) is 11.6. The van der Waals surface area contributed by atoms with E-state index in [0.29, 0.717) is 6.20 Å². The van der Waals surface area contributed by atoms with Gasteiger partial charge in [0.1, 0.15) is 22.9 Å². The van der Waals surface area contributed by atoms with E-state index in [1.54, 1.807) is 0 Å². The number of rotatable bonds is 3. The lowest BCUT2D eigenvalue weighted by atomic mass is 10.1. The van der Waals surface area contributed by atoms with E-state index in [0.717, 1.165) is 0 Å². The third-order valence-electron chi connectivity index (χ3n) is 1.75. The molecule has 0 radical (unpaired) electrons. The smallest absolute Gasteiger partial charge is 0.298 e. The van der Waals surface area contributed by atoms with Crippen LogP contribution in [-0.2, 0) is 0 Å². The van der Waals surface area contributed by atoms with E-state index in [1.807, 2.05) is 0 Å². The second kappa shape index (κ2) is 4.39. The van der Waals surface area contributed by atoms with E-state index in [2.05, 4.69) is 4.98 Å². The minimum Gasteiger partial charge on any atom is -0.298 e. The highest BCUT2D eigenvalue weighted by Gasteiger charge is 2.27. The van der Waals surface area contributed by atoms with Gasteiger partial charge in [0.05, 0.1) is 11.1 Å². The zero-order valence-electron chi connectivity index (χ0n) is 7.55. The molecule has 0 unspecified atom stereocenters. The van der Waals surface area contributed by atoms with Crippen LogP contribution in [0.25, 0.3) is 0 Å². The van der Waals surface area contributed by atoms with Crippen LogP contribution in [0.3, 0.4) is 0 Å². The van der Waals surface area contributed by atoms with E-state index in [-0.39, 0.29) is 6.29 Å². The minimum absolute atomic E-state index is 0.104. The van der Waals surface area contributed by atoms with Crippen molar-refractivity contribution in [2.24, 2.45) is 0 Å². The maximum absolute atomic E-state index is 12.4. The van der Waals surface area contributed by atoms with Crippen molar-refractivity contribution in [1.82, 2.24) is 4.98 Å². The van der Waals surface area contributed by atoms with Gasteiger partial charge in [-0.25, -0.2) is 8.78 Å². The number of aldehydes is 1. The number of pyridine rings is 1. The standard InChI is InChI=1S/C8H3F2N3O3/c9-8(10)6-5(3-14)7(13(15)16)4(1-11)2-12-6/h2-3,8H. The molecule has 1 aromatic heterocycles. The molecule has 1 rings (SSSR count). The van der Waals surface area contributed by atoms with Crippen LogP contribution in [0.1, 0.15) is 28.0 Å². The number of hydrogen-bond acceptors (Lipinski definition) is 5. The SMILES string of the molecule is N#Cc1cnc(C(F)F)c(C=O)c1[N+](=O)[O-]. The Kier molecular flexibility index (Phi) is 3.20. The molecule has 1 heterocycles. The summed E-state index contributed by atoms with van der Waals surface area (Å²) in [6.45, 7) is 0. The Bertz CT molecular complexity index is 496. The summed E-state index contributed by atoms with van der Waals surface area (Å²) in [6, 6.07) is 1.41. The van der Waals surface area contributed by atoms with Gasteiger partial charge in [0, 0.05) is 0 Å². The van der Waals surface area contributed by atoms with Crippen LogP contribution in [0.15, 0.2) is 6.20 Å². The maximum atomic E-state index is 12.4. The Hall–Kier alpha value is -2.43. The molecule has 0 saturated heterocycles. The summed E-state index contributed by atoms with van der Waals surface area (Å²) in [4.78, 5) is 23.2. The van der Waals surface area contributed by atoms with Gasteiger partial charge in [-0.3, -0.25) is 19.9 Å². The van der Waals surface area contributed by atoms with Gasteiger partial charge in [0.25, 0.3) is 6.43 Å². The van der Waals surface area contributed by atoms with Crippen molar-refractivity contribution >= 4 is 12.0 Å². The van der Waals surface area contributed by atoms with Crippen molar-refractivity contribution in [3.8, 4) is 6.07 Å². The van der Waals surface area contributed by atoms with Crippen molar-refractivity contribution in [1.29, 1.82) is 5.26 Å². The lowest BCUT2D eigenvalue weighted by molar-refractivity contribution is -0.385. The number of nitrogens with zero attached hydrogens (tertiary/aromatic N) is 3. The average molecular weight is 227 g/mol. The summed E-state index contributed by atoms with van der Waals surface area (Å²) in [5.41, 5.74) is -3.33. The largest absolute Gasteiger partial charge is 0.301 e. The molecule has 0 fully saturated rings. The third-order valence-corrected chi connectivity index (χ3v) is 1.75. The van der Waals surface area contributed by atoms with Crippen LogP contribution in [0, 0.1) is 21.4 Å². The fraction of sp³-hybridized carbons (Fsp3) is 0.125. The van der Waals surface area contributed by atoms with Gasteiger partial charge in [-0.05, 0) is 0 Å². The Labute approximate surface area is 87.3 Å². The summed E-state index contributed by atoms with van der Waals surface area (Å²) in [7, 11) is 0. The van der Waals surface area contributed by atoms with Gasteiger partial charge < -0.3 is 0 Å². The molecule has 0 amide bonds. The number of nitriles is 1. The van der Waals surface area contributed by atoms with Crippen LogP contribution in [0.4, 0.5) is 14.5 Å². The lowest BCUT2D eigenvalue weighted by Crippen LogP contribution is -2.05. The number of carbonyl (C=O) groups excluding carboxylic acids is 1. The number of hydrogen-bond donors (Lipinski definition) is 0. The normalized spacial score (nSPS) is 9.88. The second-order valence-electron chi connectivity index (χ2n) is 2.61. The highest BCUT2D eigenvalue weighted by atomic mass is 19.3. The van der Waals surface area contributed by atoms with Crippen LogP contribution in [0.2, 0.25) is 0 Å². The molecule has 0 bridgehead atoms. The number of aromatic nitrogens is 1. The summed E-state index contributed by atoms with van der Waals surface area (Å²) in [5, 5.41) is 19.1. The molecule has 0 aliphatic carbocycles. The average Bonchev–Trinajstić information content (AvgIpc) is 2.26. The van der Waals surface area contributed by atoms with Crippen molar-refractivity contribution in [3.05, 3.63) is 33.1 Å². The number of alkyl halides is 2. The van der Waals surface area contributed by atoms with Crippen LogP contribution < -0.4 is 0 Å². The lowest BCUT2D eigenvalue weighted by Gasteiger charge is -2.03. The molecule has 0 N–H and O–H groups in total. The summed E-state index contributed by atoms with van der Waals surface area (Å²) < 4.78 is 24.7. The molecular weight excluding hydrogens is 224 g/mol. The Morgan fingerprint density at radius 3 is 2.62 bits per heavy atom. The highest BCUT2D eigenvalue weighted by Crippen LogP contribution is 2.29. The molecule has 1 aromatic rings. The van der Waals surface area contributed by atoms with Crippen LogP contribution >= 0.6 is 0 Å². The van der Waals surface area contributed by atoms with Crippen molar-refractivity contribution in [2.45, 2.75) is 6.43 Å². The molecule has 0 spiro atoms. The molecule has 0 aliphatic heterocycles. The maximum Gasteiger partial charge on any atom is 0.301 e. The molecule has 0 aromatic carbocycles. The number of nitro groups is 1. The van der Waals surface area contributed by atoms with Crippen molar-refractivity contribution in [3.63, 3.8) is 0 Å². The van der Waals surface area contributed by atoms with Gasteiger partial charge in [-0.15, -0.1) is 0 Å².